The summed E-state index contributed by atoms with van der Waals surface area (Å²) in [4.78, 5) is 0. The van der Waals surface area contributed by atoms with Gasteiger partial charge in [0.15, 0.2) is 0 Å². The van der Waals surface area contributed by atoms with Gasteiger partial charge in [-0.3, -0.25) is 0 Å². The largest absolute Gasteiger partial charge is 0.374 e. The highest BCUT2D eigenvalue weighted by Crippen LogP contribution is 2.07. The maximum Gasteiger partial charge on any atom is 0.0755 e. The Morgan fingerprint density at radius 1 is 1.15 bits per heavy atom. The van der Waals surface area contributed by atoms with Gasteiger partial charge in [-0.1, -0.05) is 45.3 Å². The van der Waals surface area contributed by atoms with Crippen LogP contribution in [0.25, 0.3) is 0 Å². The van der Waals surface area contributed by atoms with E-state index >= 15 is 0 Å². The molecular weight excluding hydrogens is 160 g/mol. The van der Waals surface area contributed by atoms with Crippen LogP contribution in [0.4, 0.5) is 0 Å². The Labute approximate surface area is 83.2 Å². The molecule has 0 aliphatic heterocycles. The molecule has 0 aromatic heterocycles. The molecule has 1 atom stereocenters. The molecule has 0 fully saturated rings. The number of hydrogen-bond donors (Lipinski definition) is 0. The van der Waals surface area contributed by atoms with Crippen molar-refractivity contribution in [3.8, 4) is 0 Å². The van der Waals surface area contributed by atoms with E-state index in [1.807, 2.05) is 0 Å². The molecule has 0 rings (SSSR count). The molecule has 0 aromatic rings. The summed E-state index contributed by atoms with van der Waals surface area (Å²) in [6.07, 6.45) is 10.7. The maximum absolute atomic E-state index is 5.74. The zero-order valence-corrected chi connectivity index (χ0v) is 9.38. The molecule has 1 heteroatoms. The minimum absolute atomic E-state index is 0.358. The Bertz CT molecular complexity index is 118. The highest BCUT2D eigenvalue weighted by molar-refractivity contribution is 4.86. The Kier molecular flexibility index (Phi) is 9.56. The van der Waals surface area contributed by atoms with Gasteiger partial charge in [0.1, 0.15) is 0 Å². The smallest absolute Gasteiger partial charge is 0.0755 e. The van der Waals surface area contributed by atoms with Gasteiger partial charge in [-0.2, -0.15) is 0 Å². The van der Waals surface area contributed by atoms with E-state index < -0.39 is 0 Å². The van der Waals surface area contributed by atoms with Crippen LogP contribution in [0.3, 0.4) is 0 Å². The lowest BCUT2D eigenvalue weighted by molar-refractivity contribution is 0.0757. The highest BCUT2D eigenvalue weighted by Gasteiger charge is 2.02. The molecular formula is C12H24O. The van der Waals surface area contributed by atoms with Crippen LogP contribution in [-0.4, -0.2) is 12.7 Å². The zero-order chi connectivity index (χ0) is 9.94. The van der Waals surface area contributed by atoms with Gasteiger partial charge in [-0.15, -0.1) is 0 Å². The van der Waals surface area contributed by atoms with Crippen LogP contribution in [0.15, 0.2) is 12.2 Å². The molecule has 0 aliphatic carbocycles. The number of ether oxygens (including phenoxy) is 1. The Morgan fingerprint density at radius 3 is 2.38 bits per heavy atom. The van der Waals surface area contributed by atoms with Crippen LogP contribution >= 0.6 is 0 Å². The predicted octanol–water partition coefficient (Wildman–Crippen LogP) is 3.94. The first kappa shape index (κ1) is 12.7. The molecule has 0 saturated heterocycles. The van der Waals surface area contributed by atoms with Crippen molar-refractivity contribution in [1.29, 1.82) is 0 Å². The molecule has 0 radical (unpaired) electrons. The van der Waals surface area contributed by atoms with Gasteiger partial charge in [0, 0.05) is 6.61 Å². The van der Waals surface area contributed by atoms with Crippen molar-refractivity contribution in [3.63, 3.8) is 0 Å². The fourth-order valence-electron chi connectivity index (χ4n) is 1.23. The van der Waals surface area contributed by atoms with Gasteiger partial charge in [0.05, 0.1) is 6.10 Å². The summed E-state index contributed by atoms with van der Waals surface area (Å²) < 4.78 is 5.74. The fraction of sp³-hybridized carbons (Fsp3) is 0.833. The second kappa shape index (κ2) is 9.79. The molecule has 78 valence electrons. The summed E-state index contributed by atoms with van der Waals surface area (Å²) in [5, 5.41) is 0. The number of allylic oxidation sites excluding steroid dienone is 1. The molecule has 0 bridgehead atoms. The topological polar surface area (TPSA) is 9.23 Å². The Hall–Kier alpha value is -0.300. The fourth-order valence-corrected chi connectivity index (χ4v) is 1.23. The molecule has 0 saturated carbocycles. The monoisotopic (exact) mass is 184 g/mol. The first-order chi connectivity index (χ1) is 6.35. The van der Waals surface area contributed by atoms with Crippen molar-refractivity contribution < 1.29 is 4.74 Å². The van der Waals surface area contributed by atoms with Gasteiger partial charge < -0.3 is 4.74 Å². The molecule has 1 nitrogen and oxygen atoms in total. The van der Waals surface area contributed by atoms with Crippen LogP contribution < -0.4 is 0 Å². The SMILES string of the molecule is C/C=C/[C@@H](CCCC)OCCCC. The number of unbranched alkanes of at least 4 members (excludes halogenated alkanes) is 2. The molecule has 0 unspecified atom stereocenters. The maximum atomic E-state index is 5.74. The normalized spacial score (nSPS) is 13.8. The van der Waals surface area contributed by atoms with E-state index in [2.05, 4.69) is 32.9 Å². The van der Waals surface area contributed by atoms with E-state index in [-0.39, 0.29) is 0 Å². The molecule has 0 aromatic carbocycles. The lowest BCUT2D eigenvalue weighted by Crippen LogP contribution is -2.10. The van der Waals surface area contributed by atoms with E-state index in [0.717, 1.165) is 6.61 Å². The van der Waals surface area contributed by atoms with Gasteiger partial charge >= 0.3 is 0 Å². The van der Waals surface area contributed by atoms with Gasteiger partial charge in [-0.05, 0) is 19.8 Å². The summed E-state index contributed by atoms with van der Waals surface area (Å²) >= 11 is 0. The molecule has 13 heavy (non-hydrogen) atoms. The average molecular weight is 184 g/mol. The Balaban J connectivity index is 3.54. The third-order valence-corrected chi connectivity index (χ3v) is 2.08. The molecule has 0 aliphatic rings. The van der Waals surface area contributed by atoms with Crippen LogP contribution in [0, 0.1) is 0 Å². The van der Waals surface area contributed by atoms with E-state index in [9.17, 15) is 0 Å². The summed E-state index contributed by atoms with van der Waals surface area (Å²) in [5.41, 5.74) is 0. The molecule has 0 N–H and O–H groups in total. The molecule has 0 spiro atoms. The van der Waals surface area contributed by atoms with Gasteiger partial charge in [0.25, 0.3) is 0 Å². The summed E-state index contributed by atoms with van der Waals surface area (Å²) in [7, 11) is 0. The van der Waals surface area contributed by atoms with Crippen LogP contribution in [-0.2, 0) is 4.74 Å². The average Bonchev–Trinajstić information content (AvgIpc) is 2.14. The quantitative estimate of drug-likeness (QED) is 0.410. The first-order valence-corrected chi connectivity index (χ1v) is 5.59. The third kappa shape index (κ3) is 8.04. The standard InChI is InChI=1S/C12H24O/c1-4-7-10-12(9-6-3)13-11-8-5-2/h6,9,12H,4-5,7-8,10-11H2,1-3H3/b9-6+/t12-/m0/s1. The predicted molar refractivity (Wildman–Crippen MR) is 59.0 cm³/mol. The van der Waals surface area contributed by atoms with E-state index in [1.54, 1.807) is 0 Å². The van der Waals surface area contributed by atoms with E-state index in [1.165, 1.54) is 32.1 Å². The molecule has 0 heterocycles. The van der Waals surface area contributed by atoms with Crippen molar-refractivity contribution in [2.45, 2.75) is 59.0 Å². The highest BCUT2D eigenvalue weighted by atomic mass is 16.5. The van der Waals surface area contributed by atoms with Crippen molar-refractivity contribution in [2.24, 2.45) is 0 Å². The van der Waals surface area contributed by atoms with Crippen molar-refractivity contribution in [1.82, 2.24) is 0 Å². The van der Waals surface area contributed by atoms with Gasteiger partial charge in [0.2, 0.25) is 0 Å². The van der Waals surface area contributed by atoms with Crippen molar-refractivity contribution in [2.75, 3.05) is 6.61 Å². The van der Waals surface area contributed by atoms with Crippen LogP contribution in [0.5, 0.6) is 0 Å². The lowest BCUT2D eigenvalue weighted by Gasteiger charge is -2.13. The minimum atomic E-state index is 0.358. The van der Waals surface area contributed by atoms with Crippen molar-refractivity contribution >= 4 is 0 Å². The number of hydrogen-bond acceptors (Lipinski definition) is 1. The lowest BCUT2D eigenvalue weighted by atomic mass is 10.1. The van der Waals surface area contributed by atoms with Crippen molar-refractivity contribution in [3.05, 3.63) is 12.2 Å². The minimum Gasteiger partial charge on any atom is -0.374 e. The second-order valence-electron chi connectivity index (χ2n) is 3.43. The zero-order valence-electron chi connectivity index (χ0n) is 9.38. The van der Waals surface area contributed by atoms with Crippen LogP contribution in [0.2, 0.25) is 0 Å². The third-order valence-electron chi connectivity index (χ3n) is 2.08. The van der Waals surface area contributed by atoms with Gasteiger partial charge in [-0.25, -0.2) is 0 Å². The van der Waals surface area contributed by atoms with Crippen LogP contribution in [0.1, 0.15) is 52.9 Å². The molecule has 0 amide bonds. The Morgan fingerprint density at radius 2 is 1.85 bits per heavy atom. The summed E-state index contributed by atoms with van der Waals surface area (Å²) in [6, 6.07) is 0. The second-order valence-corrected chi connectivity index (χ2v) is 3.43. The summed E-state index contributed by atoms with van der Waals surface area (Å²) in [5.74, 6) is 0. The van der Waals surface area contributed by atoms with E-state index in [4.69, 9.17) is 4.74 Å². The van der Waals surface area contributed by atoms with E-state index in [0.29, 0.717) is 6.10 Å². The number of rotatable bonds is 8. The summed E-state index contributed by atoms with van der Waals surface area (Å²) in [6.45, 7) is 7.39. The first-order valence-electron chi connectivity index (χ1n) is 5.59.